The molecule has 21 heavy (non-hydrogen) atoms. The van der Waals surface area contributed by atoms with Crippen LogP contribution in [0.2, 0.25) is 0 Å². The summed E-state index contributed by atoms with van der Waals surface area (Å²) >= 11 is 1.71. The third-order valence-corrected chi connectivity index (χ3v) is 3.90. The van der Waals surface area contributed by atoms with Gasteiger partial charge in [-0.05, 0) is 31.9 Å². The van der Waals surface area contributed by atoms with Gasteiger partial charge >= 0.3 is 12.0 Å². The van der Waals surface area contributed by atoms with Crippen molar-refractivity contribution in [3.8, 4) is 0 Å². The number of nitrogens with zero attached hydrogens (tertiary/aromatic N) is 1. The highest BCUT2D eigenvalue weighted by molar-refractivity contribution is 7.11. The summed E-state index contributed by atoms with van der Waals surface area (Å²) < 4.78 is 0. The number of carboxylic acid groups (broad SMARTS) is 1. The molecule has 0 bridgehead atoms. The number of aryl methyl sites for hydroxylation is 1. The minimum atomic E-state index is -0.993. The number of carbonyl (C=O) groups excluding carboxylic acids is 1. The molecule has 0 fully saturated rings. The Morgan fingerprint density at radius 3 is 2.48 bits per heavy atom. The lowest BCUT2D eigenvalue weighted by Gasteiger charge is -2.25. The first-order valence-electron chi connectivity index (χ1n) is 7.10. The maximum Gasteiger partial charge on any atom is 0.323 e. The predicted octanol–water partition coefficient (Wildman–Crippen LogP) is 2.74. The first-order chi connectivity index (χ1) is 9.77. The zero-order chi connectivity index (χ0) is 16.0. The van der Waals surface area contributed by atoms with Gasteiger partial charge in [0.25, 0.3) is 0 Å². The Morgan fingerprint density at radius 1 is 1.33 bits per heavy atom. The summed E-state index contributed by atoms with van der Waals surface area (Å²) in [6, 6.07) is 3.78. The highest BCUT2D eigenvalue weighted by Gasteiger charge is 2.19. The number of thiophene rings is 1. The third-order valence-electron chi connectivity index (χ3n) is 2.87. The molecule has 1 heterocycles. The molecule has 0 aromatic carbocycles. The molecule has 0 aliphatic heterocycles. The van der Waals surface area contributed by atoms with Crippen molar-refractivity contribution >= 4 is 23.3 Å². The Kier molecular flexibility index (Phi) is 6.68. The van der Waals surface area contributed by atoms with Crippen molar-refractivity contribution in [3.05, 3.63) is 21.9 Å². The van der Waals surface area contributed by atoms with Crippen LogP contribution < -0.4 is 5.32 Å². The minimum absolute atomic E-state index is 0.0287. The fourth-order valence-electron chi connectivity index (χ4n) is 2.07. The average molecular weight is 312 g/mol. The predicted molar refractivity (Wildman–Crippen MR) is 84.8 cm³/mol. The van der Waals surface area contributed by atoms with Crippen LogP contribution in [-0.2, 0) is 11.2 Å². The lowest BCUT2D eigenvalue weighted by Crippen LogP contribution is -2.47. The van der Waals surface area contributed by atoms with Crippen LogP contribution in [0.5, 0.6) is 0 Å². The van der Waals surface area contributed by atoms with Crippen LogP contribution in [0, 0.1) is 12.8 Å². The standard InChI is InChI=1S/C15H24N2O3S/c1-10(2)8-17(9-14(18)19)15(20)16-11(3)7-13-6-5-12(4)21-13/h5-6,10-11H,7-9H2,1-4H3,(H,16,20)(H,18,19). The number of rotatable bonds is 7. The largest absolute Gasteiger partial charge is 0.480 e. The lowest BCUT2D eigenvalue weighted by atomic mass is 10.2. The van der Waals surface area contributed by atoms with E-state index < -0.39 is 5.97 Å². The van der Waals surface area contributed by atoms with Gasteiger partial charge in [-0.25, -0.2) is 4.79 Å². The van der Waals surface area contributed by atoms with Gasteiger partial charge in [0, 0.05) is 28.8 Å². The van der Waals surface area contributed by atoms with Crippen LogP contribution in [0.15, 0.2) is 12.1 Å². The molecule has 6 heteroatoms. The maximum absolute atomic E-state index is 12.2. The first-order valence-corrected chi connectivity index (χ1v) is 7.92. The van der Waals surface area contributed by atoms with E-state index in [2.05, 4.69) is 24.4 Å². The molecule has 2 N–H and O–H groups in total. The van der Waals surface area contributed by atoms with E-state index in [0.29, 0.717) is 6.54 Å². The second kappa shape index (κ2) is 8.02. The summed E-state index contributed by atoms with van der Waals surface area (Å²) in [5.74, 6) is -0.766. The molecule has 1 aromatic rings. The number of carbonyl (C=O) groups is 2. The highest BCUT2D eigenvalue weighted by atomic mass is 32.1. The van der Waals surface area contributed by atoms with Gasteiger partial charge in [0.05, 0.1) is 0 Å². The fourth-order valence-corrected chi connectivity index (χ4v) is 3.09. The molecule has 1 unspecified atom stereocenters. The molecule has 2 amide bonds. The molecule has 5 nitrogen and oxygen atoms in total. The summed E-state index contributed by atoms with van der Waals surface area (Å²) in [6.07, 6.45) is 0.757. The van der Waals surface area contributed by atoms with Crippen LogP contribution in [0.1, 0.15) is 30.5 Å². The number of hydrogen-bond acceptors (Lipinski definition) is 3. The molecular weight excluding hydrogens is 288 g/mol. The van der Waals surface area contributed by atoms with E-state index in [1.165, 1.54) is 14.7 Å². The maximum atomic E-state index is 12.2. The number of nitrogens with one attached hydrogen (secondary N) is 1. The Bertz CT molecular complexity index is 485. The number of hydrogen-bond donors (Lipinski definition) is 2. The molecule has 1 atom stereocenters. The molecule has 0 saturated carbocycles. The van der Waals surface area contributed by atoms with Crippen molar-refractivity contribution in [2.45, 2.75) is 40.2 Å². The normalized spacial score (nSPS) is 12.2. The van der Waals surface area contributed by atoms with Crippen molar-refractivity contribution in [2.75, 3.05) is 13.1 Å². The average Bonchev–Trinajstić information content (AvgIpc) is 2.72. The van der Waals surface area contributed by atoms with Gasteiger partial charge in [-0.3, -0.25) is 4.79 Å². The van der Waals surface area contributed by atoms with Crippen LogP contribution in [0.25, 0.3) is 0 Å². The number of carboxylic acids is 1. The Hall–Kier alpha value is -1.56. The van der Waals surface area contributed by atoms with E-state index in [-0.39, 0.29) is 24.5 Å². The topological polar surface area (TPSA) is 69.6 Å². The van der Waals surface area contributed by atoms with Gasteiger partial charge in [-0.2, -0.15) is 0 Å². The van der Waals surface area contributed by atoms with E-state index in [9.17, 15) is 9.59 Å². The summed E-state index contributed by atoms with van der Waals surface area (Å²) in [6.45, 7) is 8.06. The zero-order valence-electron chi connectivity index (χ0n) is 13.0. The molecule has 118 valence electrons. The molecule has 1 aromatic heterocycles. The monoisotopic (exact) mass is 312 g/mol. The van der Waals surface area contributed by atoms with E-state index in [1.807, 2.05) is 20.8 Å². The van der Waals surface area contributed by atoms with Crippen molar-refractivity contribution in [1.82, 2.24) is 10.2 Å². The number of urea groups is 1. The van der Waals surface area contributed by atoms with E-state index in [1.54, 1.807) is 11.3 Å². The van der Waals surface area contributed by atoms with Gasteiger partial charge in [0.2, 0.25) is 0 Å². The molecular formula is C15H24N2O3S. The zero-order valence-corrected chi connectivity index (χ0v) is 13.9. The first kappa shape index (κ1) is 17.5. The Morgan fingerprint density at radius 2 is 2.00 bits per heavy atom. The lowest BCUT2D eigenvalue weighted by molar-refractivity contribution is -0.137. The summed E-state index contributed by atoms with van der Waals surface area (Å²) in [7, 11) is 0. The Balaban J connectivity index is 2.56. The van der Waals surface area contributed by atoms with E-state index in [0.717, 1.165) is 6.42 Å². The number of amides is 2. The summed E-state index contributed by atoms with van der Waals surface area (Å²) in [5, 5.41) is 11.8. The summed E-state index contributed by atoms with van der Waals surface area (Å²) in [5.41, 5.74) is 0. The van der Waals surface area contributed by atoms with Crippen molar-refractivity contribution in [1.29, 1.82) is 0 Å². The summed E-state index contributed by atoms with van der Waals surface area (Å²) in [4.78, 5) is 26.8. The molecule has 1 rings (SSSR count). The number of aliphatic carboxylic acids is 1. The molecule has 0 radical (unpaired) electrons. The third kappa shape index (κ3) is 6.62. The van der Waals surface area contributed by atoms with Gasteiger partial charge in [0.1, 0.15) is 6.54 Å². The molecule has 0 spiro atoms. The van der Waals surface area contributed by atoms with Crippen molar-refractivity contribution in [3.63, 3.8) is 0 Å². The van der Waals surface area contributed by atoms with Crippen molar-refractivity contribution in [2.24, 2.45) is 5.92 Å². The highest BCUT2D eigenvalue weighted by Crippen LogP contribution is 2.16. The van der Waals surface area contributed by atoms with Crippen LogP contribution >= 0.6 is 11.3 Å². The second-order valence-corrected chi connectivity index (χ2v) is 7.11. The van der Waals surface area contributed by atoms with E-state index >= 15 is 0 Å². The quantitative estimate of drug-likeness (QED) is 0.813. The van der Waals surface area contributed by atoms with Crippen molar-refractivity contribution < 1.29 is 14.7 Å². The minimum Gasteiger partial charge on any atom is -0.480 e. The van der Waals surface area contributed by atoms with Crippen LogP contribution in [0.3, 0.4) is 0 Å². The van der Waals surface area contributed by atoms with Crippen LogP contribution in [0.4, 0.5) is 4.79 Å². The SMILES string of the molecule is Cc1ccc(CC(C)NC(=O)N(CC(=O)O)CC(C)C)s1. The molecule has 0 aliphatic carbocycles. The second-order valence-electron chi connectivity index (χ2n) is 5.74. The van der Waals surface area contributed by atoms with Gasteiger partial charge in [0.15, 0.2) is 0 Å². The molecule has 0 aliphatic rings. The van der Waals surface area contributed by atoms with E-state index in [4.69, 9.17) is 5.11 Å². The van der Waals surface area contributed by atoms with Gasteiger partial charge in [-0.1, -0.05) is 13.8 Å². The van der Waals surface area contributed by atoms with Gasteiger partial charge in [-0.15, -0.1) is 11.3 Å². The van der Waals surface area contributed by atoms with Crippen LogP contribution in [-0.4, -0.2) is 41.1 Å². The Labute approximate surface area is 130 Å². The fraction of sp³-hybridized carbons (Fsp3) is 0.600. The van der Waals surface area contributed by atoms with Gasteiger partial charge < -0.3 is 15.3 Å². The smallest absolute Gasteiger partial charge is 0.323 e. The molecule has 0 saturated heterocycles.